The predicted molar refractivity (Wildman–Crippen MR) is 122 cm³/mol. The first-order valence-electron chi connectivity index (χ1n) is 10.5. The number of aryl methyl sites for hydroxylation is 1. The first-order chi connectivity index (χ1) is 15.8. The molecule has 1 aromatic heterocycles. The summed E-state index contributed by atoms with van der Waals surface area (Å²) in [4.78, 5) is 16.8. The maximum Gasteiger partial charge on any atom is 0.289 e. The second kappa shape index (κ2) is 9.19. The molecule has 172 valence electrons. The SMILES string of the molecule is Cc1c(C(=O)N(C)Cc2ccccc2)oc2c1/C(=N/NS(=O)(=O)c1ccc(F)cc1)CCC2. The maximum atomic E-state index is 13.1. The molecule has 1 heterocycles. The Bertz CT molecular complexity index is 1300. The minimum Gasteiger partial charge on any atom is -0.455 e. The Hall–Kier alpha value is -3.46. The van der Waals surface area contributed by atoms with Gasteiger partial charge in [-0.25, -0.2) is 4.39 Å². The summed E-state index contributed by atoms with van der Waals surface area (Å²) in [5.41, 5.74) is 2.81. The van der Waals surface area contributed by atoms with Crippen molar-refractivity contribution in [2.75, 3.05) is 7.05 Å². The molecule has 2 aromatic carbocycles. The van der Waals surface area contributed by atoms with Crippen LogP contribution in [0.25, 0.3) is 0 Å². The molecule has 0 radical (unpaired) electrons. The summed E-state index contributed by atoms with van der Waals surface area (Å²) < 4.78 is 44.1. The van der Waals surface area contributed by atoms with Crippen molar-refractivity contribution in [3.8, 4) is 0 Å². The number of benzene rings is 2. The average molecular weight is 470 g/mol. The van der Waals surface area contributed by atoms with Gasteiger partial charge in [-0.3, -0.25) is 4.79 Å². The summed E-state index contributed by atoms with van der Waals surface area (Å²) in [6.07, 6.45) is 1.88. The van der Waals surface area contributed by atoms with Crippen molar-refractivity contribution in [1.29, 1.82) is 0 Å². The fourth-order valence-electron chi connectivity index (χ4n) is 3.87. The molecule has 0 unspecified atom stereocenters. The van der Waals surface area contributed by atoms with Gasteiger partial charge >= 0.3 is 0 Å². The van der Waals surface area contributed by atoms with E-state index in [1.54, 1.807) is 18.9 Å². The van der Waals surface area contributed by atoms with E-state index in [0.29, 0.717) is 48.4 Å². The van der Waals surface area contributed by atoms with E-state index in [4.69, 9.17) is 4.42 Å². The van der Waals surface area contributed by atoms with Gasteiger partial charge in [0.15, 0.2) is 5.76 Å². The van der Waals surface area contributed by atoms with Crippen molar-refractivity contribution in [3.63, 3.8) is 0 Å². The molecule has 0 aliphatic heterocycles. The minimum atomic E-state index is -3.96. The van der Waals surface area contributed by atoms with Crippen molar-refractivity contribution >= 4 is 21.6 Å². The number of sulfonamides is 1. The monoisotopic (exact) mass is 469 g/mol. The lowest BCUT2D eigenvalue weighted by molar-refractivity contribution is 0.0750. The molecule has 0 saturated heterocycles. The molecule has 33 heavy (non-hydrogen) atoms. The molecule has 1 amide bonds. The lowest BCUT2D eigenvalue weighted by Crippen LogP contribution is -2.26. The Balaban J connectivity index is 1.58. The third kappa shape index (κ3) is 4.83. The van der Waals surface area contributed by atoms with Crippen molar-refractivity contribution in [2.45, 2.75) is 37.6 Å². The number of hydrogen-bond donors (Lipinski definition) is 1. The summed E-state index contributed by atoms with van der Waals surface area (Å²) in [5.74, 6) is 0.0713. The smallest absolute Gasteiger partial charge is 0.289 e. The van der Waals surface area contributed by atoms with Crippen LogP contribution in [0.2, 0.25) is 0 Å². The van der Waals surface area contributed by atoms with Crippen molar-refractivity contribution in [2.24, 2.45) is 5.10 Å². The van der Waals surface area contributed by atoms with E-state index >= 15 is 0 Å². The van der Waals surface area contributed by atoms with Crippen LogP contribution < -0.4 is 4.83 Å². The van der Waals surface area contributed by atoms with E-state index in [1.807, 2.05) is 30.3 Å². The minimum absolute atomic E-state index is 0.0911. The molecule has 0 saturated carbocycles. The van der Waals surface area contributed by atoms with Gasteiger partial charge in [0, 0.05) is 31.1 Å². The second-order valence-electron chi connectivity index (χ2n) is 7.96. The maximum absolute atomic E-state index is 13.1. The number of nitrogens with zero attached hydrogens (tertiary/aromatic N) is 2. The van der Waals surface area contributed by atoms with Crippen LogP contribution >= 0.6 is 0 Å². The summed E-state index contributed by atoms with van der Waals surface area (Å²) in [5, 5.41) is 4.14. The van der Waals surface area contributed by atoms with Crippen molar-refractivity contribution in [3.05, 3.63) is 88.6 Å². The molecule has 1 aliphatic rings. The number of rotatable bonds is 6. The van der Waals surface area contributed by atoms with Gasteiger partial charge in [-0.1, -0.05) is 30.3 Å². The molecule has 0 spiro atoms. The Morgan fingerprint density at radius 2 is 1.82 bits per heavy atom. The van der Waals surface area contributed by atoms with Crippen LogP contribution in [0, 0.1) is 12.7 Å². The fraction of sp³-hybridized carbons (Fsp3) is 0.250. The fourth-order valence-corrected chi connectivity index (χ4v) is 4.70. The number of carbonyl (C=O) groups is 1. The highest BCUT2D eigenvalue weighted by Crippen LogP contribution is 2.30. The number of amides is 1. The molecule has 0 bridgehead atoms. The molecule has 3 aromatic rings. The average Bonchev–Trinajstić information content (AvgIpc) is 3.15. The van der Waals surface area contributed by atoms with Gasteiger partial charge in [0.1, 0.15) is 11.6 Å². The van der Waals surface area contributed by atoms with Crippen LogP contribution in [0.15, 0.2) is 69.0 Å². The van der Waals surface area contributed by atoms with Crippen molar-refractivity contribution in [1.82, 2.24) is 9.73 Å². The molecular formula is C24H24FN3O4S. The largest absolute Gasteiger partial charge is 0.455 e. The van der Waals surface area contributed by atoms with Gasteiger partial charge in [0.05, 0.1) is 10.6 Å². The van der Waals surface area contributed by atoms with Gasteiger partial charge in [-0.2, -0.15) is 18.4 Å². The van der Waals surface area contributed by atoms with E-state index in [-0.39, 0.29) is 16.6 Å². The van der Waals surface area contributed by atoms with Gasteiger partial charge in [0.25, 0.3) is 15.9 Å². The highest BCUT2D eigenvalue weighted by Gasteiger charge is 2.29. The van der Waals surface area contributed by atoms with Crippen LogP contribution in [0.5, 0.6) is 0 Å². The standard InChI is InChI=1S/C24H24FN3O4S/c1-16-22-20(26-27-33(30,31)19-13-11-18(25)12-14-19)9-6-10-21(22)32-23(16)24(29)28(2)15-17-7-4-3-5-8-17/h3-5,7-8,11-14,27H,6,9-10,15H2,1-2H3/b26-20+. The Labute approximate surface area is 192 Å². The quantitative estimate of drug-likeness (QED) is 0.552. The van der Waals surface area contributed by atoms with E-state index in [2.05, 4.69) is 9.93 Å². The summed E-state index contributed by atoms with van der Waals surface area (Å²) >= 11 is 0. The molecule has 9 heteroatoms. The van der Waals surface area contributed by atoms with Crippen LogP contribution in [-0.2, 0) is 23.0 Å². The molecule has 0 fully saturated rings. The number of halogens is 1. The molecule has 7 nitrogen and oxygen atoms in total. The second-order valence-corrected chi connectivity index (χ2v) is 9.62. The Kier molecular flexibility index (Phi) is 6.33. The van der Waals surface area contributed by atoms with E-state index in [9.17, 15) is 17.6 Å². The third-order valence-electron chi connectivity index (χ3n) is 5.55. The van der Waals surface area contributed by atoms with E-state index < -0.39 is 15.8 Å². The lowest BCUT2D eigenvalue weighted by Gasteiger charge is -2.16. The van der Waals surface area contributed by atoms with Gasteiger partial charge in [0.2, 0.25) is 0 Å². The van der Waals surface area contributed by atoms with E-state index in [1.165, 1.54) is 12.1 Å². The number of furan rings is 1. The first kappa shape index (κ1) is 22.7. The molecule has 1 N–H and O–H groups in total. The highest BCUT2D eigenvalue weighted by molar-refractivity contribution is 7.89. The van der Waals surface area contributed by atoms with Gasteiger partial charge in [-0.05, 0) is 49.6 Å². The van der Waals surface area contributed by atoms with Gasteiger partial charge < -0.3 is 9.32 Å². The molecule has 0 atom stereocenters. The number of hydrazone groups is 1. The first-order valence-corrected chi connectivity index (χ1v) is 12.0. The Morgan fingerprint density at radius 3 is 2.52 bits per heavy atom. The number of carbonyl (C=O) groups excluding carboxylic acids is 1. The molecule has 4 rings (SSSR count). The molecular weight excluding hydrogens is 445 g/mol. The van der Waals surface area contributed by atoms with Crippen LogP contribution in [0.1, 0.15) is 45.8 Å². The zero-order chi connectivity index (χ0) is 23.6. The number of hydrogen-bond acceptors (Lipinski definition) is 5. The highest BCUT2D eigenvalue weighted by atomic mass is 32.2. The Morgan fingerprint density at radius 1 is 1.12 bits per heavy atom. The normalized spacial score (nSPS) is 14.7. The summed E-state index contributed by atoms with van der Waals surface area (Å²) in [7, 11) is -2.25. The van der Waals surface area contributed by atoms with Crippen LogP contribution in [0.4, 0.5) is 4.39 Å². The predicted octanol–water partition coefficient (Wildman–Crippen LogP) is 4.02. The summed E-state index contributed by atoms with van der Waals surface area (Å²) in [6, 6.07) is 14.1. The topological polar surface area (TPSA) is 92.0 Å². The van der Waals surface area contributed by atoms with E-state index in [0.717, 1.165) is 17.7 Å². The molecule has 1 aliphatic carbocycles. The third-order valence-corrected chi connectivity index (χ3v) is 6.78. The lowest BCUT2D eigenvalue weighted by atomic mass is 9.93. The summed E-state index contributed by atoms with van der Waals surface area (Å²) in [6.45, 7) is 2.21. The zero-order valence-electron chi connectivity index (χ0n) is 18.3. The van der Waals surface area contributed by atoms with Gasteiger partial charge in [-0.15, -0.1) is 0 Å². The van der Waals surface area contributed by atoms with Crippen LogP contribution in [0.3, 0.4) is 0 Å². The number of fused-ring (bicyclic) bond motifs is 1. The van der Waals surface area contributed by atoms with Crippen molar-refractivity contribution < 1.29 is 22.0 Å². The number of nitrogens with one attached hydrogen (secondary N) is 1. The van der Waals surface area contributed by atoms with Crippen LogP contribution in [-0.4, -0.2) is 32.0 Å². The zero-order valence-corrected chi connectivity index (χ0v) is 19.2.